The number of hydrogen-bond donors (Lipinski definition) is 2. The average Bonchev–Trinajstić information content (AvgIpc) is 3.32. The number of aromatic nitrogens is 1. The molecule has 6 heteroatoms. The lowest BCUT2D eigenvalue weighted by Crippen LogP contribution is -2.60. The number of carbonyl (C=O) groups excluding carboxylic acids is 2. The molecule has 2 fully saturated rings. The molecule has 2 aromatic carbocycles. The summed E-state index contributed by atoms with van der Waals surface area (Å²) in [6, 6.07) is 16.4. The highest BCUT2D eigenvalue weighted by molar-refractivity contribution is 5.99. The maximum absolute atomic E-state index is 13.8. The van der Waals surface area contributed by atoms with E-state index in [-0.39, 0.29) is 29.8 Å². The lowest BCUT2D eigenvalue weighted by atomic mass is 9.78. The van der Waals surface area contributed by atoms with Crippen LogP contribution in [0.2, 0.25) is 0 Å². The largest absolute Gasteiger partial charge is 0.393 e. The second kappa shape index (κ2) is 9.64. The minimum atomic E-state index is -0.811. The van der Waals surface area contributed by atoms with E-state index in [0.717, 1.165) is 43.3 Å². The van der Waals surface area contributed by atoms with E-state index in [0.29, 0.717) is 13.0 Å². The monoisotopic (exact) mass is 499 g/mol. The maximum atomic E-state index is 13.8. The average molecular weight is 500 g/mol. The number of fused-ring (bicyclic) bond motifs is 5. The van der Waals surface area contributed by atoms with Crippen LogP contribution in [0.5, 0.6) is 0 Å². The van der Waals surface area contributed by atoms with Crippen molar-refractivity contribution < 1.29 is 14.7 Å². The SMILES string of the molecule is C[C@H](O)[C@@H]1C(=O)N2CCc3c([nH]c4cccc(-c5ccccc5)c34)[C@@H]2C[C@@H]1N(C)C(=O)C1CCCCC1. The highest BCUT2D eigenvalue weighted by Crippen LogP contribution is 2.45. The zero-order chi connectivity index (χ0) is 25.7. The standard InChI is InChI=1S/C31H37N3O3/c1-19(35)27-25(33(2)30(36)21-12-7-4-8-13-21)18-26-29-23(16-17-34(26)31(27)37)28-22(14-9-15-24(28)32-29)20-10-5-3-6-11-20/h3,5-6,9-11,14-15,19,21,25-27,32,35H,4,7-8,12-13,16-18H2,1-2H3/t19-,25-,26-,27-/m0/s1. The third-order valence-corrected chi connectivity index (χ3v) is 9.12. The van der Waals surface area contributed by atoms with Crippen LogP contribution in [-0.4, -0.2) is 57.4 Å². The quantitative estimate of drug-likeness (QED) is 0.526. The van der Waals surface area contributed by atoms with Crippen LogP contribution in [0, 0.1) is 11.8 Å². The molecule has 4 atom stereocenters. The first-order chi connectivity index (χ1) is 18.0. The molecule has 6 rings (SSSR count). The fourth-order valence-electron chi connectivity index (χ4n) is 7.25. The van der Waals surface area contributed by atoms with Crippen molar-refractivity contribution in [2.45, 2.75) is 70.1 Å². The van der Waals surface area contributed by atoms with Crippen molar-refractivity contribution in [2.24, 2.45) is 11.8 Å². The summed E-state index contributed by atoms with van der Waals surface area (Å²) >= 11 is 0. The molecule has 0 unspecified atom stereocenters. The Morgan fingerprint density at radius 2 is 1.84 bits per heavy atom. The van der Waals surface area contributed by atoms with Crippen LogP contribution in [0.3, 0.4) is 0 Å². The molecule has 2 N–H and O–H groups in total. The molecular weight excluding hydrogens is 462 g/mol. The van der Waals surface area contributed by atoms with Crippen LogP contribution >= 0.6 is 0 Å². The molecule has 1 saturated carbocycles. The molecule has 37 heavy (non-hydrogen) atoms. The minimum Gasteiger partial charge on any atom is -0.393 e. The van der Waals surface area contributed by atoms with E-state index in [1.807, 2.05) is 22.9 Å². The van der Waals surface area contributed by atoms with Crippen LogP contribution in [0.15, 0.2) is 48.5 Å². The van der Waals surface area contributed by atoms with Gasteiger partial charge in [-0.25, -0.2) is 0 Å². The molecule has 0 bridgehead atoms. The van der Waals surface area contributed by atoms with Gasteiger partial charge in [-0.1, -0.05) is 61.7 Å². The number of H-pyrrole nitrogens is 1. The summed E-state index contributed by atoms with van der Waals surface area (Å²) in [6.45, 7) is 2.32. The smallest absolute Gasteiger partial charge is 0.230 e. The van der Waals surface area contributed by atoms with Gasteiger partial charge < -0.3 is 19.9 Å². The highest BCUT2D eigenvalue weighted by atomic mass is 16.3. The first kappa shape index (κ1) is 24.2. The van der Waals surface area contributed by atoms with Crippen LogP contribution in [0.4, 0.5) is 0 Å². The van der Waals surface area contributed by atoms with Gasteiger partial charge in [-0.15, -0.1) is 0 Å². The van der Waals surface area contributed by atoms with Crippen LogP contribution in [0.1, 0.15) is 62.7 Å². The number of benzene rings is 2. The van der Waals surface area contributed by atoms with E-state index in [9.17, 15) is 14.7 Å². The van der Waals surface area contributed by atoms with Gasteiger partial charge >= 0.3 is 0 Å². The van der Waals surface area contributed by atoms with Crippen LogP contribution < -0.4 is 0 Å². The Balaban J connectivity index is 1.39. The lowest BCUT2D eigenvalue weighted by Gasteiger charge is -2.49. The fourth-order valence-corrected chi connectivity index (χ4v) is 7.25. The molecule has 2 aliphatic heterocycles. The predicted octanol–water partition coefficient (Wildman–Crippen LogP) is 5.07. The Morgan fingerprint density at radius 1 is 1.08 bits per heavy atom. The Hall–Kier alpha value is -3.12. The van der Waals surface area contributed by atoms with Crippen LogP contribution in [0.25, 0.3) is 22.0 Å². The summed E-state index contributed by atoms with van der Waals surface area (Å²) in [5.74, 6) is -0.465. The highest BCUT2D eigenvalue weighted by Gasteiger charge is 2.49. The van der Waals surface area contributed by atoms with Gasteiger partial charge in [-0.05, 0) is 55.4 Å². The molecule has 3 heterocycles. The third kappa shape index (κ3) is 4.06. The number of nitrogens with one attached hydrogen (secondary N) is 1. The van der Waals surface area contributed by atoms with Gasteiger partial charge in [-0.2, -0.15) is 0 Å². The van der Waals surface area contributed by atoms with E-state index in [2.05, 4.69) is 47.4 Å². The van der Waals surface area contributed by atoms with Gasteiger partial charge in [0.15, 0.2) is 0 Å². The summed E-state index contributed by atoms with van der Waals surface area (Å²) in [6.07, 6.45) is 5.82. The van der Waals surface area contributed by atoms with E-state index >= 15 is 0 Å². The Morgan fingerprint density at radius 3 is 2.57 bits per heavy atom. The molecule has 3 aromatic rings. The van der Waals surface area contributed by atoms with E-state index < -0.39 is 12.0 Å². The topological polar surface area (TPSA) is 76.6 Å². The molecule has 194 valence electrons. The van der Waals surface area contributed by atoms with Crippen molar-refractivity contribution in [3.8, 4) is 11.1 Å². The van der Waals surface area contributed by atoms with Crippen molar-refractivity contribution in [2.75, 3.05) is 13.6 Å². The summed E-state index contributed by atoms with van der Waals surface area (Å²) in [7, 11) is 1.85. The summed E-state index contributed by atoms with van der Waals surface area (Å²) in [5, 5.41) is 12.0. The van der Waals surface area contributed by atoms with Gasteiger partial charge in [0.25, 0.3) is 0 Å². The normalized spacial score (nSPS) is 25.0. The molecule has 0 radical (unpaired) electrons. The Kier molecular flexibility index (Phi) is 6.31. The molecule has 1 aromatic heterocycles. The van der Waals surface area contributed by atoms with Crippen LogP contribution in [-0.2, 0) is 16.0 Å². The van der Waals surface area contributed by atoms with Crippen molar-refractivity contribution >= 4 is 22.7 Å². The van der Waals surface area contributed by atoms with Crippen molar-refractivity contribution in [3.63, 3.8) is 0 Å². The first-order valence-corrected chi connectivity index (χ1v) is 13.9. The van der Waals surface area contributed by atoms with Gasteiger partial charge in [0.05, 0.1) is 18.1 Å². The molecule has 0 spiro atoms. The molecule has 2 amide bonds. The number of carbonyl (C=O) groups is 2. The molecular formula is C31H37N3O3. The first-order valence-electron chi connectivity index (χ1n) is 13.9. The second-order valence-corrected chi connectivity index (χ2v) is 11.3. The van der Waals surface area contributed by atoms with Crippen molar-refractivity contribution in [1.82, 2.24) is 14.8 Å². The predicted molar refractivity (Wildman–Crippen MR) is 145 cm³/mol. The molecule has 1 aliphatic carbocycles. The van der Waals surface area contributed by atoms with Gasteiger partial charge in [0, 0.05) is 42.1 Å². The minimum absolute atomic E-state index is 0.0324. The number of aliphatic hydroxyl groups is 1. The number of rotatable bonds is 4. The summed E-state index contributed by atoms with van der Waals surface area (Å²) < 4.78 is 0. The van der Waals surface area contributed by atoms with Gasteiger partial charge in [0.1, 0.15) is 0 Å². The van der Waals surface area contributed by atoms with Crippen molar-refractivity contribution in [1.29, 1.82) is 0 Å². The van der Waals surface area contributed by atoms with Crippen molar-refractivity contribution in [3.05, 3.63) is 59.8 Å². The Bertz CT molecular complexity index is 1310. The number of hydrogen-bond acceptors (Lipinski definition) is 3. The molecule has 3 aliphatic rings. The third-order valence-electron chi connectivity index (χ3n) is 9.12. The molecule has 6 nitrogen and oxygen atoms in total. The fraction of sp³-hybridized carbons (Fsp3) is 0.484. The lowest BCUT2D eigenvalue weighted by molar-refractivity contribution is -0.157. The Labute approximate surface area is 218 Å². The summed E-state index contributed by atoms with van der Waals surface area (Å²) in [4.78, 5) is 34.8. The summed E-state index contributed by atoms with van der Waals surface area (Å²) in [5.41, 5.74) is 5.84. The number of piperidine rings is 1. The maximum Gasteiger partial charge on any atom is 0.230 e. The number of amides is 2. The zero-order valence-electron chi connectivity index (χ0n) is 21.8. The number of nitrogens with zero attached hydrogens (tertiary/aromatic N) is 2. The van der Waals surface area contributed by atoms with E-state index in [4.69, 9.17) is 0 Å². The number of aromatic amines is 1. The number of aliphatic hydroxyl groups excluding tert-OH is 1. The second-order valence-electron chi connectivity index (χ2n) is 11.3. The van der Waals surface area contributed by atoms with Gasteiger partial charge in [-0.3, -0.25) is 9.59 Å². The van der Waals surface area contributed by atoms with E-state index in [1.165, 1.54) is 28.5 Å². The molecule has 1 saturated heterocycles. The zero-order valence-corrected chi connectivity index (χ0v) is 21.8. The van der Waals surface area contributed by atoms with E-state index in [1.54, 1.807) is 6.92 Å². The van der Waals surface area contributed by atoms with Gasteiger partial charge in [0.2, 0.25) is 11.8 Å².